The highest BCUT2D eigenvalue weighted by atomic mass is 16.5. The molecular formula is C16H21N3O2. The van der Waals surface area contributed by atoms with Crippen molar-refractivity contribution in [2.45, 2.75) is 31.9 Å². The highest BCUT2D eigenvalue weighted by molar-refractivity contribution is 5.75. The van der Waals surface area contributed by atoms with Crippen LogP contribution in [0.15, 0.2) is 24.3 Å². The Morgan fingerprint density at radius 1 is 1.33 bits per heavy atom. The maximum Gasteiger partial charge on any atom is 0.222 e. The average Bonchev–Trinajstić information content (AvgIpc) is 2.54. The minimum Gasteiger partial charge on any atom is -0.378 e. The van der Waals surface area contributed by atoms with Gasteiger partial charge in [0.25, 0.3) is 0 Å². The molecule has 1 aliphatic rings. The molecule has 0 unspecified atom stereocenters. The molecule has 112 valence electrons. The molecule has 5 heteroatoms. The summed E-state index contributed by atoms with van der Waals surface area (Å²) in [5.41, 5.74) is 1.61. The van der Waals surface area contributed by atoms with Gasteiger partial charge in [0.2, 0.25) is 5.91 Å². The van der Waals surface area contributed by atoms with Crippen LogP contribution >= 0.6 is 0 Å². The molecule has 1 aromatic carbocycles. The number of rotatable bonds is 6. The lowest BCUT2D eigenvalue weighted by molar-refractivity contribution is -0.122. The number of ether oxygens (including phenoxy) is 1. The standard InChI is InChI=1S/C16H21N3O2/c17-11-13-1-3-14(4-2-13)12-19-16(20)7-10-21-15-5-8-18-9-6-15/h1-4,15,18H,5-10,12H2,(H,19,20). The number of nitrogens with one attached hydrogen (secondary N) is 2. The Kier molecular flexibility index (Phi) is 6.20. The van der Waals surface area contributed by atoms with Crippen molar-refractivity contribution in [2.24, 2.45) is 0 Å². The normalized spacial score (nSPS) is 15.4. The Balaban J connectivity index is 1.61. The molecule has 0 saturated carbocycles. The second-order valence-electron chi connectivity index (χ2n) is 5.16. The summed E-state index contributed by atoms with van der Waals surface area (Å²) in [6.07, 6.45) is 2.72. The molecule has 1 saturated heterocycles. The molecule has 0 bridgehead atoms. The fraction of sp³-hybridized carbons (Fsp3) is 0.500. The fourth-order valence-corrected chi connectivity index (χ4v) is 2.27. The molecule has 21 heavy (non-hydrogen) atoms. The van der Waals surface area contributed by atoms with Gasteiger partial charge >= 0.3 is 0 Å². The van der Waals surface area contributed by atoms with Crippen LogP contribution in [-0.4, -0.2) is 31.7 Å². The zero-order valence-electron chi connectivity index (χ0n) is 12.1. The van der Waals surface area contributed by atoms with E-state index in [-0.39, 0.29) is 12.0 Å². The van der Waals surface area contributed by atoms with Crippen LogP contribution in [0.2, 0.25) is 0 Å². The van der Waals surface area contributed by atoms with Crippen molar-refractivity contribution in [1.29, 1.82) is 5.26 Å². The lowest BCUT2D eigenvalue weighted by atomic mass is 10.1. The number of nitriles is 1. The number of carbonyl (C=O) groups excluding carboxylic acids is 1. The number of benzene rings is 1. The van der Waals surface area contributed by atoms with E-state index >= 15 is 0 Å². The number of hydrogen-bond donors (Lipinski definition) is 2. The molecule has 2 N–H and O–H groups in total. The summed E-state index contributed by atoms with van der Waals surface area (Å²) in [5, 5.41) is 14.9. The molecule has 0 aromatic heterocycles. The zero-order chi connectivity index (χ0) is 14.9. The van der Waals surface area contributed by atoms with Gasteiger partial charge in [0, 0.05) is 13.0 Å². The minimum atomic E-state index is -0.00621. The van der Waals surface area contributed by atoms with Crippen LogP contribution in [0, 0.1) is 11.3 Å². The van der Waals surface area contributed by atoms with E-state index in [2.05, 4.69) is 16.7 Å². The molecule has 1 aliphatic heterocycles. The summed E-state index contributed by atoms with van der Waals surface area (Å²) in [4.78, 5) is 11.7. The first-order chi connectivity index (χ1) is 10.3. The van der Waals surface area contributed by atoms with Gasteiger partial charge in [-0.25, -0.2) is 0 Å². The first-order valence-corrected chi connectivity index (χ1v) is 7.36. The predicted molar refractivity (Wildman–Crippen MR) is 79.5 cm³/mol. The maximum absolute atomic E-state index is 11.7. The molecular weight excluding hydrogens is 266 g/mol. The largest absolute Gasteiger partial charge is 0.378 e. The Morgan fingerprint density at radius 2 is 2.05 bits per heavy atom. The monoisotopic (exact) mass is 287 g/mol. The van der Waals surface area contributed by atoms with E-state index in [4.69, 9.17) is 10.00 Å². The summed E-state index contributed by atoms with van der Waals surface area (Å²) in [6, 6.07) is 9.28. The maximum atomic E-state index is 11.7. The molecule has 0 atom stereocenters. The second-order valence-corrected chi connectivity index (χ2v) is 5.16. The Morgan fingerprint density at radius 3 is 2.71 bits per heavy atom. The summed E-state index contributed by atoms with van der Waals surface area (Å²) in [5.74, 6) is -0.00621. The number of carbonyl (C=O) groups is 1. The summed E-state index contributed by atoms with van der Waals surface area (Å²) < 4.78 is 5.70. The van der Waals surface area contributed by atoms with E-state index in [1.54, 1.807) is 12.1 Å². The van der Waals surface area contributed by atoms with Gasteiger partial charge in [0.1, 0.15) is 0 Å². The summed E-state index contributed by atoms with van der Waals surface area (Å²) in [7, 11) is 0. The van der Waals surface area contributed by atoms with Crippen LogP contribution in [0.3, 0.4) is 0 Å². The molecule has 0 radical (unpaired) electrons. The Bertz CT molecular complexity index is 487. The van der Waals surface area contributed by atoms with Crippen LogP contribution in [0.4, 0.5) is 0 Å². The summed E-state index contributed by atoms with van der Waals surface area (Å²) in [6.45, 7) is 2.95. The van der Waals surface area contributed by atoms with E-state index in [0.717, 1.165) is 31.5 Å². The van der Waals surface area contributed by atoms with Crippen LogP contribution in [-0.2, 0) is 16.1 Å². The van der Waals surface area contributed by atoms with Gasteiger partial charge in [-0.3, -0.25) is 4.79 Å². The van der Waals surface area contributed by atoms with Crippen molar-refractivity contribution in [1.82, 2.24) is 10.6 Å². The highest BCUT2D eigenvalue weighted by Crippen LogP contribution is 2.07. The first kappa shape index (κ1) is 15.5. The minimum absolute atomic E-state index is 0.00621. The van der Waals surface area contributed by atoms with Crippen molar-refractivity contribution in [3.05, 3.63) is 35.4 Å². The van der Waals surface area contributed by atoms with Crippen molar-refractivity contribution in [2.75, 3.05) is 19.7 Å². The van der Waals surface area contributed by atoms with Crippen molar-refractivity contribution >= 4 is 5.91 Å². The second kappa shape index (κ2) is 8.40. The molecule has 1 aromatic rings. The van der Waals surface area contributed by atoms with Gasteiger partial charge in [-0.1, -0.05) is 12.1 Å². The summed E-state index contributed by atoms with van der Waals surface area (Å²) >= 11 is 0. The van der Waals surface area contributed by atoms with E-state index in [1.807, 2.05) is 12.1 Å². The first-order valence-electron chi connectivity index (χ1n) is 7.36. The lowest BCUT2D eigenvalue weighted by Gasteiger charge is -2.22. The van der Waals surface area contributed by atoms with E-state index < -0.39 is 0 Å². The van der Waals surface area contributed by atoms with Crippen LogP contribution in [0.1, 0.15) is 30.4 Å². The molecule has 1 fully saturated rings. The van der Waals surface area contributed by atoms with Gasteiger partial charge in [-0.2, -0.15) is 5.26 Å². The third-order valence-corrected chi connectivity index (χ3v) is 3.54. The predicted octanol–water partition coefficient (Wildman–Crippen LogP) is 1.33. The van der Waals surface area contributed by atoms with E-state index in [9.17, 15) is 4.79 Å². The van der Waals surface area contributed by atoms with Crippen LogP contribution in [0.25, 0.3) is 0 Å². The molecule has 5 nitrogen and oxygen atoms in total. The Labute approximate surface area is 125 Å². The topological polar surface area (TPSA) is 74.2 Å². The fourth-order valence-electron chi connectivity index (χ4n) is 2.27. The number of hydrogen-bond acceptors (Lipinski definition) is 4. The van der Waals surface area contributed by atoms with Crippen molar-refractivity contribution in [3.8, 4) is 6.07 Å². The van der Waals surface area contributed by atoms with E-state index in [0.29, 0.717) is 25.1 Å². The quantitative estimate of drug-likeness (QED) is 0.828. The van der Waals surface area contributed by atoms with Crippen molar-refractivity contribution in [3.63, 3.8) is 0 Å². The molecule has 0 spiro atoms. The third kappa shape index (κ3) is 5.54. The van der Waals surface area contributed by atoms with Gasteiger partial charge < -0.3 is 15.4 Å². The smallest absolute Gasteiger partial charge is 0.222 e. The zero-order valence-corrected chi connectivity index (χ0v) is 12.1. The number of amides is 1. The van der Waals surface area contributed by atoms with Gasteiger partial charge in [0.05, 0.1) is 24.3 Å². The van der Waals surface area contributed by atoms with Crippen LogP contribution in [0.5, 0.6) is 0 Å². The number of nitrogens with zero attached hydrogens (tertiary/aromatic N) is 1. The third-order valence-electron chi connectivity index (χ3n) is 3.54. The molecule has 1 heterocycles. The molecule has 2 rings (SSSR count). The SMILES string of the molecule is N#Cc1ccc(CNC(=O)CCOC2CCNCC2)cc1. The van der Waals surface area contributed by atoms with Crippen molar-refractivity contribution < 1.29 is 9.53 Å². The van der Waals surface area contributed by atoms with E-state index in [1.165, 1.54) is 0 Å². The lowest BCUT2D eigenvalue weighted by Crippen LogP contribution is -2.33. The average molecular weight is 287 g/mol. The molecule has 1 amide bonds. The Hall–Kier alpha value is -1.90. The van der Waals surface area contributed by atoms with Gasteiger partial charge in [-0.05, 0) is 43.6 Å². The van der Waals surface area contributed by atoms with Crippen LogP contribution < -0.4 is 10.6 Å². The number of piperidine rings is 1. The van der Waals surface area contributed by atoms with Gasteiger partial charge in [0.15, 0.2) is 0 Å². The van der Waals surface area contributed by atoms with Gasteiger partial charge in [-0.15, -0.1) is 0 Å². The highest BCUT2D eigenvalue weighted by Gasteiger charge is 2.13. The molecule has 0 aliphatic carbocycles.